The number of carbonyl (C=O) groups excluding carboxylic acids is 1. The van der Waals surface area contributed by atoms with Gasteiger partial charge in [-0.1, -0.05) is 25.0 Å². The molecular weight excluding hydrogens is 419 g/mol. The van der Waals surface area contributed by atoms with Crippen LogP contribution in [0.1, 0.15) is 56.6 Å². The molecule has 1 amide bonds. The van der Waals surface area contributed by atoms with Crippen LogP contribution in [-0.4, -0.2) is 53.5 Å². The first-order valence-corrected chi connectivity index (χ1v) is 12.1. The standard InChI is InChI=1S/C25H35FN6O/c1-31(24(33)20-11-16-32(17-12-20)25-27-13-5-14-28-25)15-4-2-3-6-22-18-23(30-29-22)19-7-9-21(26)10-8-19/h5,7-10,13-14,20,22-23,29-30H,2-4,6,11-12,15-18H2,1H3. The highest BCUT2D eigenvalue weighted by Gasteiger charge is 2.28. The van der Waals surface area contributed by atoms with E-state index in [0.717, 1.165) is 76.1 Å². The number of hydrogen-bond donors (Lipinski definition) is 2. The fourth-order valence-electron chi connectivity index (χ4n) is 4.84. The molecule has 2 aliphatic rings. The molecule has 4 rings (SSSR count). The van der Waals surface area contributed by atoms with E-state index in [-0.39, 0.29) is 23.7 Å². The second kappa shape index (κ2) is 11.5. The van der Waals surface area contributed by atoms with Crippen LogP contribution in [0.2, 0.25) is 0 Å². The van der Waals surface area contributed by atoms with Gasteiger partial charge in [-0.25, -0.2) is 14.4 Å². The minimum Gasteiger partial charge on any atom is -0.346 e. The molecular formula is C25H35FN6O. The number of amides is 1. The molecule has 33 heavy (non-hydrogen) atoms. The molecule has 0 radical (unpaired) electrons. The van der Waals surface area contributed by atoms with E-state index < -0.39 is 0 Å². The van der Waals surface area contributed by atoms with Crippen molar-refractivity contribution in [2.75, 3.05) is 31.6 Å². The summed E-state index contributed by atoms with van der Waals surface area (Å²) in [6.45, 7) is 2.47. The van der Waals surface area contributed by atoms with Gasteiger partial charge in [0.15, 0.2) is 0 Å². The SMILES string of the molecule is CN(CCCCCC1CC(c2ccc(F)cc2)NN1)C(=O)C1CCN(c2ncccn2)CC1. The Bertz CT molecular complexity index is 872. The first kappa shape index (κ1) is 23.6. The zero-order chi connectivity index (χ0) is 23.0. The number of nitrogens with one attached hydrogen (secondary N) is 2. The molecule has 0 spiro atoms. The zero-order valence-electron chi connectivity index (χ0n) is 19.4. The van der Waals surface area contributed by atoms with E-state index in [1.54, 1.807) is 12.4 Å². The Morgan fingerprint density at radius 1 is 1.09 bits per heavy atom. The molecule has 0 aliphatic carbocycles. The van der Waals surface area contributed by atoms with Gasteiger partial charge in [-0.3, -0.25) is 15.6 Å². The topological polar surface area (TPSA) is 73.4 Å². The molecule has 8 heteroatoms. The highest BCUT2D eigenvalue weighted by atomic mass is 19.1. The summed E-state index contributed by atoms with van der Waals surface area (Å²) in [6.07, 6.45) is 10.6. The quantitative estimate of drug-likeness (QED) is 0.566. The maximum Gasteiger partial charge on any atom is 0.225 e. The largest absolute Gasteiger partial charge is 0.346 e. The number of benzene rings is 1. The highest BCUT2D eigenvalue weighted by molar-refractivity contribution is 5.78. The summed E-state index contributed by atoms with van der Waals surface area (Å²) in [4.78, 5) is 25.5. The van der Waals surface area contributed by atoms with Crippen LogP contribution >= 0.6 is 0 Å². The summed E-state index contributed by atoms with van der Waals surface area (Å²) >= 11 is 0. The summed E-state index contributed by atoms with van der Waals surface area (Å²) in [5, 5.41) is 0. The second-order valence-electron chi connectivity index (χ2n) is 9.24. The first-order valence-electron chi connectivity index (χ1n) is 12.1. The van der Waals surface area contributed by atoms with Gasteiger partial charge in [0.1, 0.15) is 5.82 Å². The van der Waals surface area contributed by atoms with E-state index in [2.05, 4.69) is 25.7 Å². The lowest BCUT2D eigenvalue weighted by atomic mass is 9.95. The number of carbonyl (C=O) groups is 1. The Hall–Kier alpha value is -2.58. The number of hydrazine groups is 1. The Morgan fingerprint density at radius 2 is 1.82 bits per heavy atom. The molecule has 178 valence electrons. The van der Waals surface area contributed by atoms with Gasteiger partial charge in [-0.2, -0.15) is 0 Å². The minimum absolute atomic E-state index is 0.104. The predicted octanol–water partition coefficient (Wildman–Crippen LogP) is 3.46. The van der Waals surface area contributed by atoms with Gasteiger partial charge in [-0.05, 0) is 55.9 Å². The smallest absolute Gasteiger partial charge is 0.225 e. The van der Waals surface area contributed by atoms with Crippen LogP contribution in [0.4, 0.5) is 10.3 Å². The number of aromatic nitrogens is 2. The van der Waals surface area contributed by atoms with Crippen LogP contribution in [0.15, 0.2) is 42.7 Å². The number of piperidine rings is 1. The normalized spacial score (nSPS) is 21.3. The van der Waals surface area contributed by atoms with Crippen LogP contribution < -0.4 is 15.8 Å². The molecule has 2 aliphatic heterocycles. The number of nitrogens with zero attached hydrogens (tertiary/aromatic N) is 4. The van der Waals surface area contributed by atoms with Gasteiger partial charge in [0.05, 0.1) is 0 Å². The average molecular weight is 455 g/mol. The molecule has 2 N–H and O–H groups in total. The van der Waals surface area contributed by atoms with Gasteiger partial charge in [0, 0.05) is 57.1 Å². The van der Waals surface area contributed by atoms with E-state index >= 15 is 0 Å². The molecule has 1 aromatic carbocycles. The van der Waals surface area contributed by atoms with E-state index in [1.165, 1.54) is 12.1 Å². The molecule has 2 atom stereocenters. The van der Waals surface area contributed by atoms with Gasteiger partial charge in [0.2, 0.25) is 11.9 Å². The van der Waals surface area contributed by atoms with Crippen molar-refractivity contribution in [1.29, 1.82) is 0 Å². The van der Waals surface area contributed by atoms with E-state index in [0.29, 0.717) is 6.04 Å². The van der Waals surface area contributed by atoms with Gasteiger partial charge >= 0.3 is 0 Å². The number of anilines is 1. The van der Waals surface area contributed by atoms with Crippen molar-refractivity contribution in [2.24, 2.45) is 5.92 Å². The van der Waals surface area contributed by atoms with Crippen molar-refractivity contribution < 1.29 is 9.18 Å². The molecule has 2 fully saturated rings. The van der Waals surface area contributed by atoms with Gasteiger partial charge in [0.25, 0.3) is 0 Å². The first-order chi connectivity index (χ1) is 16.1. The van der Waals surface area contributed by atoms with Crippen LogP contribution in [0.5, 0.6) is 0 Å². The van der Waals surface area contributed by atoms with E-state index in [1.807, 2.05) is 30.1 Å². The maximum absolute atomic E-state index is 13.1. The third-order valence-corrected chi connectivity index (χ3v) is 6.86. The summed E-state index contributed by atoms with van der Waals surface area (Å²) in [5.74, 6) is 0.934. The lowest BCUT2D eigenvalue weighted by Crippen LogP contribution is -2.42. The van der Waals surface area contributed by atoms with Gasteiger partial charge in [-0.15, -0.1) is 0 Å². The second-order valence-corrected chi connectivity index (χ2v) is 9.24. The highest BCUT2D eigenvalue weighted by Crippen LogP contribution is 2.25. The fraction of sp³-hybridized carbons (Fsp3) is 0.560. The molecule has 3 heterocycles. The Kier molecular flexibility index (Phi) is 8.23. The number of halogens is 1. The van der Waals surface area contributed by atoms with Crippen molar-refractivity contribution in [3.63, 3.8) is 0 Å². The van der Waals surface area contributed by atoms with Crippen LogP contribution in [0.3, 0.4) is 0 Å². The number of unbranched alkanes of at least 4 members (excludes halogenated alkanes) is 2. The Morgan fingerprint density at radius 3 is 2.55 bits per heavy atom. The van der Waals surface area contributed by atoms with Crippen LogP contribution in [-0.2, 0) is 4.79 Å². The fourth-order valence-corrected chi connectivity index (χ4v) is 4.84. The molecule has 2 aromatic rings. The summed E-state index contributed by atoms with van der Waals surface area (Å²) < 4.78 is 13.1. The number of hydrogen-bond acceptors (Lipinski definition) is 6. The van der Waals surface area contributed by atoms with Crippen LogP contribution in [0, 0.1) is 11.7 Å². The monoisotopic (exact) mass is 454 g/mol. The van der Waals surface area contributed by atoms with Crippen molar-refractivity contribution >= 4 is 11.9 Å². The third kappa shape index (κ3) is 6.48. The zero-order valence-corrected chi connectivity index (χ0v) is 19.4. The minimum atomic E-state index is -0.197. The summed E-state index contributed by atoms with van der Waals surface area (Å²) in [6, 6.07) is 9.22. The van der Waals surface area contributed by atoms with Crippen molar-refractivity contribution in [1.82, 2.24) is 25.7 Å². The molecule has 2 unspecified atom stereocenters. The molecule has 7 nitrogen and oxygen atoms in total. The lowest BCUT2D eigenvalue weighted by molar-refractivity contribution is -0.134. The molecule has 0 bridgehead atoms. The van der Waals surface area contributed by atoms with Gasteiger partial charge < -0.3 is 9.80 Å². The van der Waals surface area contributed by atoms with Crippen molar-refractivity contribution in [3.05, 3.63) is 54.1 Å². The van der Waals surface area contributed by atoms with E-state index in [9.17, 15) is 9.18 Å². The maximum atomic E-state index is 13.1. The van der Waals surface area contributed by atoms with Crippen molar-refractivity contribution in [3.8, 4) is 0 Å². The molecule has 0 saturated carbocycles. The van der Waals surface area contributed by atoms with Crippen LogP contribution in [0.25, 0.3) is 0 Å². The number of rotatable bonds is 9. The predicted molar refractivity (Wildman–Crippen MR) is 127 cm³/mol. The van der Waals surface area contributed by atoms with Crippen molar-refractivity contribution in [2.45, 2.75) is 57.0 Å². The lowest BCUT2D eigenvalue weighted by Gasteiger charge is -2.33. The Labute approximate surface area is 195 Å². The third-order valence-electron chi connectivity index (χ3n) is 6.86. The Balaban J connectivity index is 1.09. The van der Waals surface area contributed by atoms with E-state index in [4.69, 9.17) is 0 Å². The summed E-state index contributed by atoms with van der Waals surface area (Å²) in [5.41, 5.74) is 7.82. The average Bonchev–Trinajstić information content (AvgIpc) is 3.33. The summed E-state index contributed by atoms with van der Waals surface area (Å²) in [7, 11) is 1.94. The molecule has 1 aromatic heterocycles. The molecule has 2 saturated heterocycles.